The van der Waals surface area contributed by atoms with E-state index in [-0.39, 0.29) is 6.61 Å². The van der Waals surface area contributed by atoms with Crippen LogP contribution in [0.2, 0.25) is 0 Å². The highest BCUT2D eigenvalue weighted by Crippen LogP contribution is 2.42. The average molecular weight is 565 g/mol. The average Bonchev–Trinajstić information content (AvgIpc) is 2.89. The highest BCUT2D eigenvalue weighted by molar-refractivity contribution is 5.44. The highest BCUT2D eigenvalue weighted by Gasteiger charge is 2.42. The van der Waals surface area contributed by atoms with Crippen LogP contribution in [0.5, 0.6) is 11.5 Å². The van der Waals surface area contributed by atoms with Gasteiger partial charge in [0.05, 0.1) is 12.7 Å². The Balaban J connectivity index is 1.43. The SMILES string of the molecule is CCCCCC1CCC(C=CC2CCC(OCC(F)(F)Oc3ccc(OCC)c(C(F)(F)F)c3F)CC2)CC1. The van der Waals surface area contributed by atoms with E-state index < -0.39 is 47.9 Å². The zero-order chi connectivity index (χ0) is 28.5. The molecular weight excluding hydrogens is 522 g/mol. The molecule has 0 heterocycles. The number of hydrogen-bond donors (Lipinski definition) is 0. The second kappa shape index (κ2) is 14.6. The third-order valence-electron chi connectivity index (χ3n) is 7.88. The second-order valence-corrected chi connectivity index (χ2v) is 10.9. The molecule has 0 N–H and O–H groups in total. The van der Waals surface area contributed by atoms with Crippen LogP contribution in [0.3, 0.4) is 0 Å². The van der Waals surface area contributed by atoms with Gasteiger partial charge in [-0.1, -0.05) is 44.8 Å². The van der Waals surface area contributed by atoms with Gasteiger partial charge in [0.15, 0.2) is 18.2 Å². The third kappa shape index (κ3) is 9.90. The molecular formula is C30H42F6O3. The Morgan fingerprint density at radius 2 is 1.41 bits per heavy atom. The fourth-order valence-electron chi connectivity index (χ4n) is 5.68. The predicted octanol–water partition coefficient (Wildman–Crippen LogP) is 9.73. The number of hydrogen-bond acceptors (Lipinski definition) is 3. The quantitative estimate of drug-likeness (QED) is 0.136. The lowest BCUT2D eigenvalue weighted by atomic mass is 9.78. The maximum Gasteiger partial charge on any atom is 0.422 e. The number of ether oxygens (including phenoxy) is 3. The zero-order valence-electron chi connectivity index (χ0n) is 23.0. The summed E-state index contributed by atoms with van der Waals surface area (Å²) in [6, 6.07) is 1.48. The summed E-state index contributed by atoms with van der Waals surface area (Å²) in [4.78, 5) is 0. The van der Waals surface area contributed by atoms with E-state index >= 15 is 0 Å². The van der Waals surface area contributed by atoms with E-state index in [4.69, 9.17) is 9.47 Å². The van der Waals surface area contributed by atoms with Crippen molar-refractivity contribution in [3.8, 4) is 11.5 Å². The molecule has 3 rings (SSSR count). The van der Waals surface area contributed by atoms with Crippen molar-refractivity contribution in [1.82, 2.24) is 0 Å². The van der Waals surface area contributed by atoms with Gasteiger partial charge < -0.3 is 14.2 Å². The summed E-state index contributed by atoms with van der Waals surface area (Å²) in [6.45, 7) is 2.34. The minimum atomic E-state index is -5.14. The summed E-state index contributed by atoms with van der Waals surface area (Å²) in [5.74, 6) is -2.04. The Bertz CT molecular complexity index is 901. The normalized spacial score (nSPS) is 24.7. The molecule has 9 heteroatoms. The van der Waals surface area contributed by atoms with Crippen LogP contribution >= 0.6 is 0 Å². The molecule has 0 atom stereocenters. The molecule has 0 amide bonds. The van der Waals surface area contributed by atoms with Crippen LogP contribution in [0.15, 0.2) is 24.3 Å². The standard InChI is InChI=1S/C30H42F6O3/c1-3-5-6-7-21-8-10-22(11-9-21)12-13-23-14-16-24(17-15-23)38-20-29(32,33)39-26-19-18-25(37-4-2)27(28(26)31)30(34,35)36/h12-13,18-19,21-24H,3-11,14-17,20H2,1-2H3. The zero-order valence-corrected chi connectivity index (χ0v) is 23.0. The predicted molar refractivity (Wildman–Crippen MR) is 139 cm³/mol. The van der Waals surface area contributed by atoms with Crippen LogP contribution in [0.25, 0.3) is 0 Å². The van der Waals surface area contributed by atoms with Gasteiger partial charge in [0.1, 0.15) is 11.3 Å². The Kier molecular flexibility index (Phi) is 11.9. The van der Waals surface area contributed by atoms with E-state index in [0.717, 1.165) is 24.8 Å². The summed E-state index contributed by atoms with van der Waals surface area (Å²) < 4.78 is 97.7. The van der Waals surface area contributed by atoms with Gasteiger partial charge in [0.2, 0.25) is 0 Å². The van der Waals surface area contributed by atoms with E-state index in [1.807, 2.05) is 0 Å². The topological polar surface area (TPSA) is 27.7 Å². The van der Waals surface area contributed by atoms with Crippen LogP contribution in [-0.2, 0) is 10.9 Å². The molecule has 39 heavy (non-hydrogen) atoms. The first-order valence-electron chi connectivity index (χ1n) is 14.4. The van der Waals surface area contributed by atoms with Crippen molar-refractivity contribution in [1.29, 1.82) is 0 Å². The van der Waals surface area contributed by atoms with E-state index in [2.05, 4.69) is 23.8 Å². The van der Waals surface area contributed by atoms with Gasteiger partial charge in [-0.2, -0.15) is 22.0 Å². The first-order chi connectivity index (χ1) is 18.5. The number of halogens is 6. The summed E-state index contributed by atoms with van der Waals surface area (Å²) >= 11 is 0. The van der Waals surface area contributed by atoms with Gasteiger partial charge in [-0.05, 0) is 88.2 Å². The van der Waals surface area contributed by atoms with Crippen LogP contribution < -0.4 is 9.47 Å². The molecule has 0 unspecified atom stereocenters. The monoisotopic (exact) mass is 564 g/mol. The van der Waals surface area contributed by atoms with Crippen LogP contribution in [-0.4, -0.2) is 25.4 Å². The minimum absolute atomic E-state index is 0.148. The van der Waals surface area contributed by atoms with E-state index in [9.17, 15) is 26.3 Å². The third-order valence-corrected chi connectivity index (χ3v) is 7.88. The van der Waals surface area contributed by atoms with Crippen molar-refractivity contribution in [2.24, 2.45) is 17.8 Å². The number of benzene rings is 1. The molecule has 0 bridgehead atoms. The minimum Gasteiger partial charge on any atom is -0.493 e. The smallest absolute Gasteiger partial charge is 0.422 e. The van der Waals surface area contributed by atoms with Gasteiger partial charge in [-0.3, -0.25) is 0 Å². The van der Waals surface area contributed by atoms with Gasteiger partial charge in [-0.15, -0.1) is 0 Å². The van der Waals surface area contributed by atoms with Gasteiger partial charge in [0.25, 0.3) is 0 Å². The molecule has 0 aliphatic heterocycles. The van der Waals surface area contributed by atoms with Crippen LogP contribution in [0.1, 0.15) is 96.5 Å². The largest absolute Gasteiger partial charge is 0.493 e. The van der Waals surface area contributed by atoms with Crippen LogP contribution in [0, 0.1) is 23.6 Å². The molecule has 2 fully saturated rings. The van der Waals surface area contributed by atoms with Gasteiger partial charge in [-0.25, -0.2) is 4.39 Å². The van der Waals surface area contributed by atoms with Gasteiger partial charge >= 0.3 is 12.3 Å². The van der Waals surface area contributed by atoms with Crippen molar-refractivity contribution in [3.63, 3.8) is 0 Å². The van der Waals surface area contributed by atoms with Crippen molar-refractivity contribution >= 4 is 0 Å². The Hall–Kier alpha value is -1.90. The first-order valence-corrected chi connectivity index (χ1v) is 14.4. The fraction of sp³-hybridized carbons (Fsp3) is 0.733. The molecule has 222 valence electrons. The molecule has 0 aromatic heterocycles. The molecule has 0 radical (unpaired) electrons. The molecule has 3 nitrogen and oxygen atoms in total. The number of allylic oxidation sites excluding steroid dienone is 2. The summed E-state index contributed by atoms with van der Waals surface area (Å²) in [7, 11) is 0. The van der Waals surface area contributed by atoms with Gasteiger partial charge in [0, 0.05) is 0 Å². The fourth-order valence-corrected chi connectivity index (χ4v) is 5.68. The van der Waals surface area contributed by atoms with Crippen LogP contribution in [0.4, 0.5) is 26.3 Å². The molecule has 1 aromatic carbocycles. The lowest BCUT2D eigenvalue weighted by Crippen LogP contribution is -2.34. The van der Waals surface area contributed by atoms with Crippen molar-refractivity contribution in [2.75, 3.05) is 13.2 Å². The number of rotatable bonds is 13. The molecule has 2 saturated carbocycles. The summed E-state index contributed by atoms with van der Waals surface area (Å²) in [5, 5.41) is 0. The molecule has 2 aliphatic carbocycles. The lowest BCUT2D eigenvalue weighted by molar-refractivity contribution is -0.223. The number of alkyl halides is 5. The van der Waals surface area contributed by atoms with E-state index in [1.165, 1.54) is 58.3 Å². The van der Waals surface area contributed by atoms with E-state index in [1.54, 1.807) is 0 Å². The molecule has 2 aliphatic rings. The molecule has 0 saturated heterocycles. The Morgan fingerprint density at radius 1 is 0.821 bits per heavy atom. The summed E-state index contributed by atoms with van der Waals surface area (Å²) in [5.41, 5.74) is -1.77. The second-order valence-electron chi connectivity index (χ2n) is 10.9. The molecule has 1 aromatic rings. The number of unbranched alkanes of at least 4 members (excludes halogenated alkanes) is 2. The lowest BCUT2D eigenvalue weighted by Gasteiger charge is -2.29. The van der Waals surface area contributed by atoms with Crippen molar-refractivity contribution < 1.29 is 40.6 Å². The molecule has 0 spiro atoms. The first kappa shape index (κ1) is 31.6. The highest BCUT2D eigenvalue weighted by atomic mass is 19.4. The Morgan fingerprint density at radius 3 is 1.97 bits per heavy atom. The Labute approximate surface area is 228 Å². The maximum atomic E-state index is 14.5. The van der Waals surface area contributed by atoms with Crippen molar-refractivity contribution in [3.05, 3.63) is 35.7 Å². The van der Waals surface area contributed by atoms with Crippen molar-refractivity contribution in [2.45, 2.75) is 109 Å². The van der Waals surface area contributed by atoms with E-state index in [0.29, 0.717) is 30.7 Å². The maximum absolute atomic E-state index is 14.5. The summed E-state index contributed by atoms with van der Waals surface area (Å²) in [6.07, 6.45) is 8.27.